The van der Waals surface area contributed by atoms with E-state index in [2.05, 4.69) is 10.3 Å². The van der Waals surface area contributed by atoms with Crippen molar-refractivity contribution in [2.45, 2.75) is 12.7 Å². The van der Waals surface area contributed by atoms with E-state index in [1.54, 1.807) is 13.1 Å². The second-order valence-corrected chi connectivity index (χ2v) is 7.46. The van der Waals surface area contributed by atoms with E-state index in [0.717, 1.165) is 22.9 Å². The normalized spacial score (nSPS) is 11.8. The van der Waals surface area contributed by atoms with Crippen molar-refractivity contribution in [3.05, 3.63) is 85.1 Å². The van der Waals surface area contributed by atoms with Gasteiger partial charge in [-0.15, -0.1) is 5.10 Å². The lowest BCUT2D eigenvalue weighted by Gasteiger charge is -2.16. The minimum atomic E-state index is -4.86. The molecule has 0 amide bonds. The number of hydrogen-bond donors (Lipinski definition) is 1. The third-order valence-electron chi connectivity index (χ3n) is 4.99. The van der Waals surface area contributed by atoms with E-state index in [1.165, 1.54) is 22.9 Å². The Morgan fingerprint density at radius 1 is 1.18 bits per heavy atom. The molecule has 4 aromatic rings. The zero-order valence-electron chi connectivity index (χ0n) is 16.7. The highest BCUT2D eigenvalue weighted by Gasteiger charge is 2.36. The van der Waals surface area contributed by atoms with Gasteiger partial charge in [-0.25, -0.2) is 14.3 Å². The van der Waals surface area contributed by atoms with Crippen molar-refractivity contribution in [3.63, 3.8) is 0 Å². The monoisotopic (exact) mass is 479 g/mol. The highest BCUT2D eigenvalue weighted by atomic mass is 35.5. The van der Waals surface area contributed by atoms with Crippen molar-refractivity contribution < 1.29 is 23.1 Å². The van der Waals surface area contributed by atoms with Gasteiger partial charge in [0, 0.05) is 13.2 Å². The number of carboxylic acids is 1. The van der Waals surface area contributed by atoms with Gasteiger partial charge in [-0.1, -0.05) is 28.9 Å². The molecule has 0 aliphatic rings. The molecule has 170 valence electrons. The van der Waals surface area contributed by atoms with Crippen molar-refractivity contribution in [3.8, 4) is 5.69 Å². The molecule has 2 aromatic heterocycles. The SMILES string of the molecule is Cn1nnc2cc(-n3cc(C(=O)O)c(=O)n(Cc4cccc(Cl)c4C(F)(F)F)c3=O)ccc21. The summed E-state index contributed by atoms with van der Waals surface area (Å²) in [7, 11) is 1.65. The predicted octanol–water partition coefficient (Wildman–Crippen LogP) is 2.70. The third kappa shape index (κ3) is 3.89. The van der Waals surface area contributed by atoms with Crippen LogP contribution in [0.3, 0.4) is 0 Å². The van der Waals surface area contributed by atoms with Gasteiger partial charge >= 0.3 is 17.8 Å². The minimum Gasteiger partial charge on any atom is -0.477 e. The number of nitrogens with zero attached hydrogens (tertiary/aromatic N) is 5. The number of aromatic carboxylic acids is 1. The minimum absolute atomic E-state index is 0.145. The molecule has 0 unspecified atom stereocenters. The standard InChI is InChI=1S/C20H13ClF3N5O4/c1-27-15-6-5-11(7-14(15)25-26-27)28-9-12(18(31)32)17(30)29(19(28)33)8-10-3-2-4-13(21)16(10)20(22,23)24/h2-7,9H,8H2,1H3,(H,31,32). The van der Waals surface area contributed by atoms with Crippen LogP contribution < -0.4 is 11.2 Å². The molecule has 4 rings (SSSR count). The molecule has 0 atom stereocenters. The summed E-state index contributed by atoms with van der Waals surface area (Å²) in [6.45, 7) is -0.846. The summed E-state index contributed by atoms with van der Waals surface area (Å²) in [6, 6.07) is 7.80. The van der Waals surface area contributed by atoms with E-state index in [4.69, 9.17) is 11.6 Å². The van der Waals surface area contributed by atoms with E-state index in [1.807, 2.05) is 0 Å². The summed E-state index contributed by atoms with van der Waals surface area (Å²) in [4.78, 5) is 37.5. The van der Waals surface area contributed by atoms with Crippen LogP contribution in [0.25, 0.3) is 16.7 Å². The zero-order valence-corrected chi connectivity index (χ0v) is 17.4. The Labute approximate surface area is 186 Å². The van der Waals surface area contributed by atoms with E-state index < -0.39 is 51.7 Å². The number of carbonyl (C=O) groups is 1. The molecule has 0 aliphatic carbocycles. The van der Waals surface area contributed by atoms with Crippen LogP contribution in [0.2, 0.25) is 5.02 Å². The lowest BCUT2D eigenvalue weighted by molar-refractivity contribution is -0.138. The average molecular weight is 480 g/mol. The third-order valence-corrected chi connectivity index (χ3v) is 5.30. The molecule has 0 aliphatic heterocycles. The maximum atomic E-state index is 13.6. The number of hydrogen-bond acceptors (Lipinski definition) is 5. The van der Waals surface area contributed by atoms with Gasteiger partial charge in [0.05, 0.1) is 28.3 Å². The topological polar surface area (TPSA) is 112 Å². The smallest absolute Gasteiger partial charge is 0.418 e. The van der Waals surface area contributed by atoms with E-state index in [9.17, 15) is 32.7 Å². The number of benzene rings is 2. The maximum absolute atomic E-state index is 13.6. The van der Waals surface area contributed by atoms with Crippen molar-refractivity contribution in [1.82, 2.24) is 24.1 Å². The first-order valence-electron chi connectivity index (χ1n) is 9.23. The zero-order chi connectivity index (χ0) is 24.1. The Kier molecular flexibility index (Phi) is 5.32. The molecule has 2 heterocycles. The van der Waals surface area contributed by atoms with Crippen molar-refractivity contribution in [1.29, 1.82) is 0 Å². The molecule has 1 N–H and O–H groups in total. The van der Waals surface area contributed by atoms with Gasteiger partial charge in [-0.05, 0) is 29.8 Å². The highest BCUT2D eigenvalue weighted by molar-refractivity contribution is 6.31. The number of aromatic nitrogens is 5. The summed E-state index contributed by atoms with van der Waals surface area (Å²) in [5.41, 5.74) is -3.63. The highest BCUT2D eigenvalue weighted by Crippen LogP contribution is 2.37. The van der Waals surface area contributed by atoms with Gasteiger partial charge in [0.1, 0.15) is 11.1 Å². The van der Waals surface area contributed by atoms with Crippen LogP contribution in [-0.4, -0.2) is 35.2 Å². The fourth-order valence-electron chi connectivity index (χ4n) is 3.44. The Balaban J connectivity index is 1.96. The van der Waals surface area contributed by atoms with Gasteiger partial charge in [0.2, 0.25) is 0 Å². The van der Waals surface area contributed by atoms with Crippen molar-refractivity contribution >= 4 is 28.6 Å². The van der Waals surface area contributed by atoms with Crippen LogP contribution in [0, 0.1) is 0 Å². The molecule has 9 nitrogen and oxygen atoms in total. The molecular weight excluding hydrogens is 467 g/mol. The number of halogens is 4. The van der Waals surface area contributed by atoms with E-state index in [0.29, 0.717) is 15.6 Å². The Morgan fingerprint density at radius 2 is 1.91 bits per heavy atom. The van der Waals surface area contributed by atoms with Gasteiger partial charge < -0.3 is 5.11 Å². The van der Waals surface area contributed by atoms with Crippen LogP contribution in [0.1, 0.15) is 21.5 Å². The summed E-state index contributed by atoms with van der Waals surface area (Å²) in [6.07, 6.45) is -4.04. The first-order valence-corrected chi connectivity index (χ1v) is 9.61. The fourth-order valence-corrected chi connectivity index (χ4v) is 3.74. The molecule has 2 aromatic carbocycles. The lowest BCUT2D eigenvalue weighted by Crippen LogP contribution is -2.42. The first-order chi connectivity index (χ1) is 15.5. The molecule has 0 bridgehead atoms. The van der Waals surface area contributed by atoms with E-state index >= 15 is 0 Å². The average Bonchev–Trinajstić information content (AvgIpc) is 3.10. The molecule has 13 heteroatoms. The van der Waals surface area contributed by atoms with Crippen LogP contribution in [0.4, 0.5) is 13.2 Å². The number of fused-ring (bicyclic) bond motifs is 1. The summed E-state index contributed by atoms with van der Waals surface area (Å²) in [5.74, 6) is -1.65. The number of aryl methyl sites for hydroxylation is 1. The number of rotatable bonds is 4. The Bertz CT molecular complexity index is 1540. The van der Waals surface area contributed by atoms with Gasteiger partial charge in [0.15, 0.2) is 0 Å². The van der Waals surface area contributed by atoms with Gasteiger partial charge in [0.25, 0.3) is 5.56 Å². The van der Waals surface area contributed by atoms with Crippen LogP contribution in [0.5, 0.6) is 0 Å². The van der Waals surface area contributed by atoms with Crippen LogP contribution >= 0.6 is 11.6 Å². The summed E-state index contributed by atoms with van der Waals surface area (Å²) in [5, 5.41) is 16.6. The second-order valence-electron chi connectivity index (χ2n) is 7.05. The first kappa shape index (κ1) is 22.3. The van der Waals surface area contributed by atoms with Gasteiger partial charge in [-0.3, -0.25) is 13.9 Å². The number of alkyl halides is 3. The molecule has 0 saturated heterocycles. The predicted molar refractivity (Wildman–Crippen MR) is 111 cm³/mol. The van der Waals surface area contributed by atoms with Crippen LogP contribution in [0.15, 0.2) is 52.2 Å². The maximum Gasteiger partial charge on any atom is 0.418 e. The second kappa shape index (κ2) is 7.89. The Hall–Kier alpha value is -3.93. The molecular formula is C20H13ClF3N5O4. The van der Waals surface area contributed by atoms with Crippen molar-refractivity contribution in [2.24, 2.45) is 7.05 Å². The van der Waals surface area contributed by atoms with Crippen molar-refractivity contribution in [2.75, 3.05) is 0 Å². The Morgan fingerprint density at radius 3 is 2.58 bits per heavy atom. The quantitative estimate of drug-likeness (QED) is 0.481. The summed E-state index contributed by atoms with van der Waals surface area (Å²) < 4.78 is 43.4. The fraction of sp³-hybridized carbons (Fsp3) is 0.150. The van der Waals surface area contributed by atoms with Gasteiger partial charge in [-0.2, -0.15) is 13.2 Å². The molecule has 0 saturated carbocycles. The largest absolute Gasteiger partial charge is 0.477 e. The summed E-state index contributed by atoms with van der Waals surface area (Å²) >= 11 is 5.73. The number of carboxylic acid groups (broad SMARTS) is 1. The molecule has 0 fully saturated rings. The molecule has 0 spiro atoms. The molecule has 33 heavy (non-hydrogen) atoms. The van der Waals surface area contributed by atoms with E-state index in [-0.39, 0.29) is 5.69 Å². The van der Waals surface area contributed by atoms with Crippen LogP contribution in [-0.2, 0) is 19.8 Å². The lowest BCUT2D eigenvalue weighted by atomic mass is 10.1. The molecule has 0 radical (unpaired) electrons.